The largest absolute Gasteiger partial charge is 0.388 e. The van der Waals surface area contributed by atoms with Crippen LogP contribution in [0.25, 0.3) is 0 Å². The highest BCUT2D eigenvalue weighted by molar-refractivity contribution is 5.55. The highest BCUT2D eigenvalue weighted by Gasteiger charge is 2.29. The maximum absolute atomic E-state index is 10.3. The number of fused-ring (bicyclic) bond motifs is 1. The molecule has 3 rings (SSSR count). The standard InChI is InChI=1S/C17H26N2O/c1-2-17(20)15-8-3-4-9-16(15)19-12-6-11-18-10-5-7-14(18)13-19/h3-4,8-9,14,17,20H,2,5-7,10-13H2,1H3. The van der Waals surface area contributed by atoms with E-state index >= 15 is 0 Å². The van der Waals surface area contributed by atoms with Crippen molar-refractivity contribution in [2.24, 2.45) is 0 Å². The fourth-order valence-corrected chi connectivity index (χ4v) is 3.70. The van der Waals surface area contributed by atoms with E-state index in [0.29, 0.717) is 6.04 Å². The van der Waals surface area contributed by atoms with Crippen molar-refractivity contribution in [1.82, 2.24) is 4.90 Å². The molecule has 3 heteroatoms. The van der Waals surface area contributed by atoms with Crippen LogP contribution in [-0.2, 0) is 0 Å². The molecule has 2 aliphatic rings. The lowest BCUT2D eigenvalue weighted by molar-refractivity contribution is 0.174. The van der Waals surface area contributed by atoms with Gasteiger partial charge in [0.15, 0.2) is 0 Å². The van der Waals surface area contributed by atoms with Crippen molar-refractivity contribution in [1.29, 1.82) is 0 Å². The summed E-state index contributed by atoms with van der Waals surface area (Å²) in [6.07, 6.45) is 4.34. The van der Waals surface area contributed by atoms with Gasteiger partial charge in [-0.05, 0) is 38.3 Å². The normalized spacial score (nSPS) is 25.3. The van der Waals surface area contributed by atoms with Crippen LogP contribution in [0, 0.1) is 0 Å². The third-order valence-corrected chi connectivity index (χ3v) is 4.83. The Morgan fingerprint density at radius 3 is 2.85 bits per heavy atom. The Balaban J connectivity index is 1.84. The molecule has 0 aromatic heterocycles. The lowest BCUT2D eigenvalue weighted by atomic mass is 10.0. The smallest absolute Gasteiger partial charge is 0.0807 e. The lowest BCUT2D eigenvalue weighted by Gasteiger charge is -2.30. The van der Waals surface area contributed by atoms with Gasteiger partial charge >= 0.3 is 0 Å². The first-order chi connectivity index (χ1) is 9.79. The molecule has 2 unspecified atom stereocenters. The number of hydrogen-bond acceptors (Lipinski definition) is 3. The molecule has 0 spiro atoms. The van der Waals surface area contributed by atoms with Crippen molar-refractivity contribution in [2.45, 2.75) is 44.8 Å². The Bertz CT molecular complexity index is 448. The molecular formula is C17H26N2O. The Labute approximate surface area is 122 Å². The summed E-state index contributed by atoms with van der Waals surface area (Å²) in [5, 5.41) is 10.3. The predicted octanol–water partition coefficient (Wildman–Crippen LogP) is 2.80. The summed E-state index contributed by atoms with van der Waals surface area (Å²) in [7, 11) is 0. The van der Waals surface area contributed by atoms with E-state index in [1.807, 2.05) is 13.0 Å². The van der Waals surface area contributed by atoms with Gasteiger partial charge in [0.25, 0.3) is 0 Å². The maximum Gasteiger partial charge on any atom is 0.0807 e. The molecule has 0 saturated carbocycles. The predicted molar refractivity (Wildman–Crippen MR) is 83.1 cm³/mol. The molecule has 2 atom stereocenters. The van der Waals surface area contributed by atoms with Gasteiger partial charge in [-0.15, -0.1) is 0 Å². The number of rotatable bonds is 3. The Morgan fingerprint density at radius 1 is 1.20 bits per heavy atom. The van der Waals surface area contributed by atoms with Crippen molar-refractivity contribution < 1.29 is 5.11 Å². The van der Waals surface area contributed by atoms with E-state index in [0.717, 1.165) is 25.1 Å². The number of para-hydroxylation sites is 1. The van der Waals surface area contributed by atoms with Gasteiger partial charge < -0.3 is 10.0 Å². The summed E-state index contributed by atoms with van der Waals surface area (Å²) in [5.41, 5.74) is 2.34. The summed E-state index contributed by atoms with van der Waals surface area (Å²) in [5.74, 6) is 0. The molecule has 0 radical (unpaired) electrons. The second-order valence-electron chi connectivity index (χ2n) is 6.11. The van der Waals surface area contributed by atoms with Crippen LogP contribution in [0.1, 0.15) is 44.3 Å². The first-order valence-corrected chi connectivity index (χ1v) is 8.05. The van der Waals surface area contributed by atoms with Crippen LogP contribution in [0.5, 0.6) is 0 Å². The van der Waals surface area contributed by atoms with E-state index in [9.17, 15) is 5.11 Å². The van der Waals surface area contributed by atoms with Crippen LogP contribution >= 0.6 is 0 Å². The highest BCUT2D eigenvalue weighted by Crippen LogP contribution is 2.31. The van der Waals surface area contributed by atoms with Crippen LogP contribution < -0.4 is 4.90 Å². The molecule has 2 heterocycles. The molecule has 0 bridgehead atoms. The minimum atomic E-state index is -0.339. The minimum Gasteiger partial charge on any atom is -0.388 e. The molecule has 2 saturated heterocycles. The van der Waals surface area contributed by atoms with Crippen LogP contribution in [-0.4, -0.2) is 42.2 Å². The molecule has 3 nitrogen and oxygen atoms in total. The van der Waals surface area contributed by atoms with Crippen LogP contribution in [0.15, 0.2) is 24.3 Å². The Morgan fingerprint density at radius 2 is 2.00 bits per heavy atom. The molecule has 1 aromatic carbocycles. The van der Waals surface area contributed by atoms with E-state index in [1.54, 1.807) is 0 Å². The number of nitrogens with zero attached hydrogens (tertiary/aromatic N) is 2. The van der Waals surface area contributed by atoms with Crippen molar-refractivity contribution in [3.8, 4) is 0 Å². The summed E-state index contributed by atoms with van der Waals surface area (Å²) < 4.78 is 0. The first-order valence-electron chi connectivity index (χ1n) is 8.05. The average molecular weight is 274 g/mol. The molecule has 2 fully saturated rings. The summed E-state index contributed by atoms with van der Waals surface area (Å²) in [4.78, 5) is 5.16. The maximum atomic E-state index is 10.3. The number of anilines is 1. The summed E-state index contributed by atoms with van der Waals surface area (Å²) >= 11 is 0. The van der Waals surface area contributed by atoms with Gasteiger partial charge in [-0.2, -0.15) is 0 Å². The Kier molecular flexibility index (Phi) is 4.27. The zero-order valence-corrected chi connectivity index (χ0v) is 12.5. The third kappa shape index (κ3) is 2.70. The second-order valence-corrected chi connectivity index (χ2v) is 6.11. The average Bonchev–Trinajstić information content (AvgIpc) is 2.83. The van der Waals surface area contributed by atoms with Crippen LogP contribution in [0.3, 0.4) is 0 Å². The number of hydrogen-bond donors (Lipinski definition) is 1. The van der Waals surface area contributed by atoms with E-state index < -0.39 is 0 Å². The van der Waals surface area contributed by atoms with Crippen molar-refractivity contribution >= 4 is 5.69 Å². The molecule has 0 aliphatic carbocycles. The van der Waals surface area contributed by atoms with Crippen molar-refractivity contribution in [3.63, 3.8) is 0 Å². The van der Waals surface area contributed by atoms with Gasteiger partial charge in [0, 0.05) is 36.9 Å². The number of benzene rings is 1. The van der Waals surface area contributed by atoms with E-state index in [2.05, 4.69) is 28.0 Å². The fourth-order valence-electron chi connectivity index (χ4n) is 3.70. The fraction of sp³-hybridized carbons (Fsp3) is 0.647. The number of aliphatic hydroxyl groups is 1. The van der Waals surface area contributed by atoms with E-state index in [4.69, 9.17) is 0 Å². The summed E-state index contributed by atoms with van der Waals surface area (Å²) in [6, 6.07) is 9.11. The molecule has 2 aliphatic heterocycles. The van der Waals surface area contributed by atoms with E-state index in [-0.39, 0.29) is 6.10 Å². The third-order valence-electron chi connectivity index (χ3n) is 4.83. The SMILES string of the molecule is CCC(O)c1ccccc1N1CCCN2CCCC2C1. The first kappa shape index (κ1) is 13.9. The monoisotopic (exact) mass is 274 g/mol. The van der Waals surface area contributed by atoms with Gasteiger partial charge in [0.1, 0.15) is 0 Å². The zero-order chi connectivity index (χ0) is 13.9. The number of aliphatic hydroxyl groups excluding tert-OH is 1. The van der Waals surface area contributed by atoms with Gasteiger partial charge in [-0.3, -0.25) is 4.90 Å². The highest BCUT2D eigenvalue weighted by atomic mass is 16.3. The molecule has 1 N–H and O–H groups in total. The summed E-state index contributed by atoms with van der Waals surface area (Å²) in [6.45, 7) is 6.79. The van der Waals surface area contributed by atoms with Gasteiger partial charge in [-0.25, -0.2) is 0 Å². The molecule has 20 heavy (non-hydrogen) atoms. The quantitative estimate of drug-likeness (QED) is 0.918. The van der Waals surface area contributed by atoms with E-state index in [1.165, 1.54) is 38.0 Å². The zero-order valence-electron chi connectivity index (χ0n) is 12.5. The lowest BCUT2D eigenvalue weighted by Crippen LogP contribution is -2.37. The topological polar surface area (TPSA) is 26.7 Å². The second kappa shape index (κ2) is 6.15. The molecule has 110 valence electrons. The minimum absolute atomic E-state index is 0.339. The van der Waals surface area contributed by atoms with Gasteiger partial charge in [0.2, 0.25) is 0 Å². The van der Waals surface area contributed by atoms with Gasteiger partial charge in [0.05, 0.1) is 6.10 Å². The molecular weight excluding hydrogens is 248 g/mol. The molecule has 0 amide bonds. The van der Waals surface area contributed by atoms with Gasteiger partial charge in [-0.1, -0.05) is 25.1 Å². The van der Waals surface area contributed by atoms with Crippen LogP contribution in [0.2, 0.25) is 0 Å². The van der Waals surface area contributed by atoms with Crippen LogP contribution in [0.4, 0.5) is 5.69 Å². The molecule has 1 aromatic rings. The van der Waals surface area contributed by atoms with Crippen molar-refractivity contribution in [2.75, 3.05) is 31.1 Å². The Hall–Kier alpha value is -1.06. The van der Waals surface area contributed by atoms with Crippen molar-refractivity contribution in [3.05, 3.63) is 29.8 Å².